The number of rotatable bonds is 6. The van der Waals surface area contributed by atoms with Crippen LogP contribution < -0.4 is 10.6 Å². The van der Waals surface area contributed by atoms with Gasteiger partial charge in [0, 0.05) is 20.6 Å². The summed E-state index contributed by atoms with van der Waals surface area (Å²) in [4.78, 5) is 17.4. The maximum absolute atomic E-state index is 13.7. The summed E-state index contributed by atoms with van der Waals surface area (Å²) in [7, 11) is 3.36. The fourth-order valence-corrected chi connectivity index (χ4v) is 1.78. The molecular weight excluding hydrogens is 422 g/mol. The monoisotopic (exact) mass is 448 g/mol. The third-order valence-electron chi connectivity index (χ3n) is 3.33. The van der Waals surface area contributed by atoms with Gasteiger partial charge in [0.05, 0.1) is 6.04 Å². The molecule has 1 rings (SSSR count). The van der Waals surface area contributed by atoms with E-state index < -0.39 is 0 Å². The number of amides is 1. The van der Waals surface area contributed by atoms with Crippen LogP contribution in [0.4, 0.5) is 4.39 Å². The van der Waals surface area contributed by atoms with E-state index in [1.807, 2.05) is 13.0 Å². The Balaban J connectivity index is 0.00000529. The van der Waals surface area contributed by atoms with Crippen LogP contribution in [0.15, 0.2) is 35.8 Å². The zero-order valence-corrected chi connectivity index (χ0v) is 16.9. The molecule has 1 aromatic rings. The van der Waals surface area contributed by atoms with Crippen molar-refractivity contribution in [3.8, 4) is 0 Å². The van der Waals surface area contributed by atoms with E-state index in [0.717, 1.165) is 5.56 Å². The summed E-state index contributed by atoms with van der Waals surface area (Å²) in [6.45, 7) is 7.82. The van der Waals surface area contributed by atoms with Gasteiger partial charge in [-0.3, -0.25) is 4.79 Å². The highest BCUT2D eigenvalue weighted by molar-refractivity contribution is 14.0. The number of aliphatic imine (C=N–C) groups is 1. The molecule has 0 saturated carbocycles. The van der Waals surface area contributed by atoms with Gasteiger partial charge < -0.3 is 15.5 Å². The highest BCUT2D eigenvalue weighted by atomic mass is 127. The third kappa shape index (κ3) is 7.29. The van der Waals surface area contributed by atoms with Crippen molar-refractivity contribution in [2.75, 3.05) is 27.2 Å². The standard InChI is InChI=1S/C17H25FN4O.HI/c1-6-9-19-17(20-11-16(23)22(4)5)21-13(3)14-8-7-12(2)15(18)10-14;/h6-8,10,13H,1,9,11H2,2-5H3,(H2,19,20,21);1H. The third-order valence-corrected chi connectivity index (χ3v) is 3.33. The molecule has 0 radical (unpaired) electrons. The van der Waals surface area contributed by atoms with E-state index in [-0.39, 0.29) is 48.3 Å². The SMILES string of the molecule is C=CCNC(=NCC(=O)N(C)C)NC(C)c1ccc(C)c(F)c1.I. The molecule has 0 fully saturated rings. The van der Waals surface area contributed by atoms with Gasteiger partial charge in [-0.15, -0.1) is 30.6 Å². The predicted octanol–water partition coefficient (Wildman–Crippen LogP) is 2.62. The van der Waals surface area contributed by atoms with E-state index in [1.54, 1.807) is 33.2 Å². The molecule has 1 aromatic carbocycles. The molecule has 7 heteroatoms. The number of benzene rings is 1. The number of nitrogens with zero attached hydrogens (tertiary/aromatic N) is 2. The van der Waals surface area contributed by atoms with Crippen molar-refractivity contribution in [2.24, 2.45) is 4.99 Å². The van der Waals surface area contributed by atoms with Gasteiger partial charge in [0.1, 0.15) is 12.4 Å². The van der Waals surface area contributed by atoms with Gasteiger partial charge >= 0.3 is 0 Å². The maximum Gasteiger partial charge on any atom is 0.243 e. The number of carbonyl (C=O) groups excluding carboxylic acids is 1. The van der Waals surface area contributed by atoms with Crippen molar-refractivity contribution < 1.29 is 9.18 Å². The molecule has 0 aliphatic heterocycles. The Bertz CT molecular complexity index is 590. The van der Waals surface area contributed by atoms with Gasteiger partial charge in [-0.25, -0.2) is 9.38 Å². The first-order valence-electron chi connectivity index (χ1n) is 7.47. The topological polar surface area (TPSA) is 56.7 Å². The second-order valence-corrected chi connectivity index (χ2v) is 5.50. The Hall–Kier alpha value is -1.64. The van der Waals surface area contributed by atoms with Crippen molar-refractivity contribution in [3.63, 3.8) is 0 Å². The second-order valence-electron chi connectivity index (χ2n) is 5.50. The van der Waals surface area contributed by atoms with E-state index in [0.29, 0.717) is 18.1 Å². The van der Waals surface area contributed by atoms with Crippen LogP contribution in [-0.2, 0) is 4.79 Å². The Morgan fingerprint density at radius 3 is 2.67 bits per heavy atom. The second kappa shape index (κ2) is 11.0. The van der Waals surface area contributed by atoms with Crippen LogP contribution >= 0.6 is 24.0 Å². The number of nitrogens with one attached hydrogen (secondary N) is 2. The molecule has 0 heterocycles. The van der Waals surface area contributed by atoms with Crippen LogP contribution in [0.1, 0.15) is 24.1 Å². The number of guanidine groups is 1. The number of carbonyl (C=O) groups is 1. The number of aryl methyl sites for hydroxylation is 1. The average Bonchev–Trinajstić information content (AvgIpc) is 2.51. The smallest absolute Gasteiger partial charge is 0.243 e. The molecular formula is C17H26FIN4O. The molecule has 1 unspecified atom stereocenters. The van der Waals surface area contributed by atoms with Crippen molar-refractivity contribution in [1.82, 2.24) is 15.5 Å². The Morgan fingerprint density at radius 1 is 1.46 bits per heavy atom. The Morgan fingerprint density at radius 2 is 2.12 bits per heavy atom. The summed E-state index contributed by atoms with van der Waals surface area (Å²) < 4.78 is 13.7. The summed E-state index contributed by atoms with van der Waals surface area (Å²) in [5.74, 6) is 0.142. The number of hydrogen-bond donors (Lipinski definition) is 2. The molecule has 0 aliphatic rings. The molecule has 1 amide bonds. The molecule has 0 saturated heterocycles. The number of likely N-dealkylation sites (N-methyl/N-ethyl adjacent to an activating group) is 1. The molecule has 2 N–H and O–H groups in total. The molecule has 0 aliphatic carbocycles. The maximum atomic E-state index is 13.7. The van der Waals surface area contributed by atoms with Crippen LogP contribution in [0.3, 0.4) is 0 Å². The first kappa shape index (κ1) is 22.4. The van der Waals surface area contributed by atoms with Crippen molar-refractivity contribution >= 4 is 35.8 Å². The normalized spacial score (nSPS) is 12.0. The summed E-state index contributed by atoms with van der Waals surface area (Å²) in [6, 6.07) is 4.96. The van der Waals surface area contributed by atoms with Gasteiger partial charge in [-0.1, -0.05) is 18.2 Å². The summed E-state index contributed by atoms with van der Waals surface area (Å²) in [6.07, 6.45) is 1.70. The van der Waals surface area contributed by atoms with E-state index in [2.05, 4.69) is 22.2 Å². The van der Waals surface area contributed by atoms with E-state index >= 15 is 0 Å². The van der Waals surface area contributed by atoms with E-state index in [4.69, 9.17) is 0 Å². The molecule has 1 atom stereocenters. The van der Waals surface area contributed by atoms with Gasteiger partial charge in [-0.2, -0.15) is 0 Å². The van der Waals surface area contributed by atoms with Crippen LogP contribution in [0.2, 0.25) is 0 Å². The highest BCUT2D eigenvalue weighted by Crippen LogP contribution is 2.16. The van der Waals surface area contributed by atoms with Crippen molar-refractivity contribution in [1.29, 1.82) is 0 Å². The molecule has 0 spiro atoms. The van der Waals surface area contributed by atoms with Crippen LogP contribution in [0.25, 0.3) is 0 Å². The molecule has 134 valence electrons. The fourth-order valence-electron chi connectivity index (χ4n) is 1.78. The molecule has 0 bridgehead atoms. The quantitative estimate of drug-likeness (QED) is 0.305. The molecule has 5 nitrogen and oxygen atoms in total. The van der Waals surface area contributed by atoms with E-state index in [9.17, 15) is 9.18 Å². The first-order valence-corrected chi connectivity index (χ1v) is 7.47. The van der Waals surface area contributed by atoms with Crippen molar-refractivity contribution in [3.05, 3.63) is 47.8 Å². The van der Waals surface area contributed by atoms with Gasteiger partial charge in [-0.05, 0) is 31.0 Å². The Kier molecular flexibility index (Phi) is 10.3. The van der Waals surface area contributed by atoms with Gasteiger partial charge in [0.2, 0.25) is 5.91 Å². The predicted molar refractivity (Wildman–Crippen MR) is 107 cm³/mol. The summed E-state index contributed by atoms with van der Waals surface area (Å²) >= 11 is 0. The highest BCUT2D eigenvalue weighted by Gasteiger charge is 2.10. The number of halogens is 2. The molecule has 24 heavy (non-hydrogen) atoms. The minimum atomic E-state index is -0.239. The first-order chi connectivity index (χ1) is 10.8. The lowest BCUT2D eigenvalue weighted by Crippen LogP contribution is -2.39. The van der Waals surface area contributed by atoms with Crippen LogP contribution in [-0.4, -0.2) is 44.0 Å². The Labute approximate surface area is 160 Å². The molecule has 0 aromatic heterocycles. The average molecular weight is 448 g/mol. The van der Waals surface area contributed by atoms with Crippen LogP contribution in [0, 0.1) is 12.7 Å². The van der Waals surface area contributed by atoms with Gasteiger partial charge in [0.25, 0.3) is 0 Å². The lowest BCUT2D eigenvalue weighted by Gasteiger charge is -2.19. The summed E-state index contributed by atoms with van der Waals surface area (Å²) in [5.41, 5.74) is 1.41. The lowest BCUT2D eigenvalue weighted by molar-refractivity contribution is -0.127. The van der Waals surface area contributed by atoms with E-state index in [1.165, 1.54) is 11.0 Å². The number of hydrogen-bond acceptors (Lipinski definition) is 2. The minimum Gasteiger partial charge on any atom is -0.353 e. The minimum absolute atomic E-state index is 0. The largest absolute Gasteiger partial charge is 0.353 e. The van der Waals surface area contributed by atoms with Gasteiger partial charge in [0.15, 0.2) is 5.96 Å². The lowest BCUT2D eigenvalue weighted by atomic mass is 10.1. The summed E-state index contributed by atoms with van der Waals surface area (Å²) in [5, 5.41) is 6.21. The zero-order valence-electron chi connectivity index (χ0n) is 14.6. The zero-order chi connectivity index (χ0) is 17.4. The fraction of sp³-hybridized carbons (Fsp3) is 0.412. The van der Waals surface area contributed by atoms with Crippen LogP contribution in [0.5, 0.6) is 0 Å². The van der Waals surface area contributed by atoms with Crippen molar-refractivity contribution in [2.45, 2.75) is 19.9 Å².